The summed E-state index contributed by atoms with van der Waals surface area (Å²) in [6.45, 7) is 5.15. The largest absolute Gasteiger partial charge is 0.310 e. The molecule has 0 aromatic rings. The SMILES string of the molecule is C/C=C/CNC(C)CBr. The summed E-state index contributed by atoms with van der Waals surface area (Å²) in [5, 5.41) is 4.32. The number of nitrogens with one attached hydrogen (secondary N) is 1. The van der Waals surface area contributed by atoms with Crippen molar-refractivity contribution < 1.29 is 0 Å². The first-order chi connectivity index (χ1) is 4.31. The molecule has 0 saturated carbocycles. The van der Waals surface area contributed by atoms with Crippen molar-refractivity contribution in [2.45, 2.75) is 19.9 Å². The molecular weight excluding hydrogens is 178 g/mol. The van der Waals surface area contributed by atoms with Gasteiger partial charge in [0.25, 0.3) is 0 Å². The van der Waals surface area contributed by atoms with Crippen molar-refractivity contribution in [1.29, 1.82) is 0 Å². The first-order valence-electron chi connectivity index (χ1n) is 3.21. The third-order valence-corrected chi connectivity index (χ3v) is 2.02. The van der Waals surface area contributed by atoms with Crippen LogP contribution in [0.1, 0.15) is 13.8 Å². The number of allylic oxidation sites excluding steroid dienone is 1. The molecule has 0 aliphatic carbocycles. The molecule has 0 radical (unpaired) electrons. The van der Waals surface area contributed by atoms with E-state index in [0.717, 1.165) is 11.9 Å². The molecule has 0 aromatic carbocycles. The maximum atomic E-state index is 3.38. The number of alkyl halides is 1. The predicted molar refractivity (Wildman–Crippen MR) is 46.1 cm³/mol. The number of hydrogen-bond acceptors (Lipinski definition) is 1. The fourth-order valence-corrected chi connectivity index (χ4v) is 0.671. The second-order valence-electron chi connectivity index (χ2n) is 2.03. The van der Waals surface area contributed by atoms with Crippen LogP contribution in [0.4, 0.5) is 0 Å². The molecule has 9 heavy (non-hydrogen) atoms. The number of rotatable bonds is 4. The van der Waals surface area contributed by atoms with Crippen LogP contribution in [0.25, 0.3) is 0 Å². The van der Waals surface area contributed by atoms with Crippen molar-refractivity contribution >= 4 is 15.9 Å². The van der Waals surface area contributed by atoms with Gasteiger partial charge in [0.1, 0.15) is 0 Å². The molecule has 1 nitrogen and oxygen atoms in total. The van der Waals surface area contributed by atoms with E-state index in [1.165, 1.54) is 0 Å². The number of hydrogen-bond donors (Lipinski definition) is 1. The highest BCUT2D eigenvalue weighted by atomic mass is 79.9. The van der Waals surface area contributed by atoms with Gasteiger partial charge >= 0.3 is 0 Å². The quantitative estimate of drug-likeness (QED) is 0.530. The first-order valence-corrected chi connectivity index (χ1v) is 4.34. The van der Waals surface area contributed by atoms with Crippen LogP contribution < -0.4 is 5.32 Å². The Balaban J connectivity index is 3.06. The Morgan fingerprint density at radius 1 is 1.67 bits per heavy atom. The molecule has 54 valence electrons. The van der Waals surface area contributed by atoms with Gasteiger partial charge in [-0.3, -0.25) is 0 Å². The summed E-state index contributed by atoms with van der Waals surface area (Å²) in [7, 11) is 0. The molecule has 0 aliphatic rings. The van der Waals surface area contributed by atoms with Crippen molar-refractivity contribution in [1.82, 2.24) is 5.32 Å². The molecule has 0 saturated heterocycles. The lowest BCUT2D eigenvalue weighted by molar-refractivity contribution is 0.644. The van der Waals surface area contributed by atoms with Crippen molar-refractivity contribution in [3.05, 3.63) is 12.2 Å². The summed E-state index contributed by atoms with van der Waals surface area (Å²) in [4.78, 5) is 0. The minimum absolute atomic E-state index is 0.571. The van der Waals surface area contributed by atoms with E-state index in [9.17, 15) is 0 Å². The molecule has 0 aromatic heterocycles. The Morgan fingerprint density at radius 2 is 2.33 bits per heavy atom. The minimum atomic E-state index is 0.571. The highest BCUT2D eigenvalue weighted by molar-refractivity contribution is 9.09. The van der Waals surface area contributed by atoms with Crippen LogP contribution in [-0.4, -0.2) is 17.9 Å². The third kappa shape index (κ3) is 6.06. The second-order valence-corrected chi connectivity index (χ2v) is 2.68. The third-order valence-electron chi connectivity index (χ3n) is 1.05. The molecule has 0 bridgehead atoms. The van der Waals surface area contributed by atoms with Crippen molar-refractivity contribution in [2.75, 3.05) is 11.9 Å². The minimum Gasteiger partial charge on any atom is -0.310 e. The average molecular weight is 192 g/mol. The van der Waals surface area contributed by atoms with Gasteiger partial charge in [-0.1, -0.05) is 28.1 Å². The lowest BCUT2D eigenvalue weighted by atomic mass is 10.4. The van der Waals surface area contributed by atoms with Crippen LogP contribution in [0.5, 0.6) is 0 Å². The topological polar surface area (TPSA) is 12.0 Å². The van der Waals surface area contributed by atoms with Gasteiger partial charge in [-0.2, -0.15) is 0 Å². The van der Waals surface area contributed by atoms with Gasteiger partial charge in [0, 0.05) is 17.9 Å². The van der Waals surface area contributed by atoms with Crippen LogP contribution in [-0.2, 0) is 0 Å². The highest BCUT2D eigenvalue weighted by Gasteiger charge is 1.92. The van der Waals surface area contributed by atoms with E-state index in [2.05, 4.69) is 34.2 Å². The summed E-state index contributed by atoms with van der Waals surface area (Å²) < 4.78 is 0. The van der Waals surface area contributed by atoms with E-state index >= 15 is 0 Å². The molecule has 0 amide bonds. The summed E-state index contributed by atoms with van der Waals surface area (Å²) in [5.41, 5.74) is 0. The van der Waals surface area contributed by atoms with Gasteiger partial charge in [0.05, 0.1) is 0 Å². The lowest BCUT2D eigenvalue weighted by Crippen LogP contribution is -2.27. The van der Waals surface area contributed by atoms with Gasteiger partial charge < -0.3 is 5.32 Å². The lowest BCUT2D eigenvalue weighted by Gasteiger charge is -2.06. The molecule has 2 heteroatoms. The molecule has 0 heterocycles. The second kappa shape index (κ2) is 6.30. The zero-order chi connectivity index (χ0) is 7.11. The summed E-state index contributed by atoms with van der Waals surface area (Å²) >= 11 is 3.38. The molecular formula is C7H14BrN. The first kappa shape index (κ1) is 9.18. The maximum Gasteiger partial charge on any atom is 0.0183 e. The molecule has 1 atom stereocenters. The van der Waals surface area contributed by atoms with Gasteiger partial charge in [0.15, 0.2) is 0 Å². The Hall–Kier alpha value is 0.180. The zero-order valence-electron chi connectivity index (χ0n) is 6.02. The highest BCUT2D eigenvalue weighted by Crippen LogP contribution is 1.87. The van der Waals surface area contributed by atoms with Gasteiger partial charge in [0.2, 0.25) is 0 Å². The Kier molecular flexibility index (Phi) is 6.43. The van der Waals surface area contributed by atoms with E-state index in [1.54, 1.807) is 0 Å². The summed E-state index contributed by atoms with van der Waals surface area (Å²) in [6.07, 6.45) is 4.16. The van der Waals surface area contributed by atoms with E-state index < -0.39 is 0 Å². The normalized spacial score (nSPS) is 14.6. The standard InChI is InChI=1S/C7H14BrN/c1-3-4-5-9-7(2)6-8/h3-4,7,9H,5-6H2,1-2H3/b4-3+. The van der Waals surface area contributed by atoms with Crippen molar-refractivity contribution in [3.8, 4) is 0 Å². The maximum absolute atomic E-state index is 3.38. The van der Waals surface area contributed by atoms with Crippen LogP contribution in [0.15, 0.2) is 12.2 Å². The van der Waals surface area contributed by atoms with Crippen LogP contribution >= 0.6 is 15.9 Å². The van der Waals surface area contributed by atoms with Crippen molar-refractivity contribution in [2.24, 2.45) is 0 Å². The van der Waals surface area contributed by atoms with Crippen LogP contribution in [0.2, 0.25) is 0 Å². The van der Waals surface area contributed by atoms with Gasteiger partial charge in [-0.15, -0.1) is 0 Å². The van der Waals surface area contributed by atoms with E-state index in [1.807, 2.05) is 13.0 Å². The molecule has 0 aliphatic heterocycles. The van der Waals surface area contributed by atoms with E-state index in [0.29, 0.717) is 6.04 Å². The fraction of sp³-hybridized carbons (Fsp3) is 0.714. The van der Waals surface area contributed by atoms with E-state index in [-0.39, 0.29) is 0 Å². The molecule has 1 unspecified atom stereocenters. The molecule has 0 rings (SSSR count). The molecule has 0 fully saturated rings. The zero-order valence-corrected chi connectivity index (χ0v) is 7.61. The van der Waals surface area contributed by atoms with E-state index in [4.69, 9.17) is 0 Å². The van der Waals surface area contributed by atoms with Gasteiger partial charge in [-0.25, -0.2) is 0 Å². The van der Waals surface area contributed by atoms with Gasteiger partial charge in [-0.05, 0) is 13.8 Å². The van der Waals surface area contributed by atoms with Crippen LogP contribution in [0.3, 0.4) is 0 Å². The predicted octanol–water partition coefficient (Wildman–Crippen LogP) is 1.94. The Labute approximate surface area is 65.7 Å². The molecule has 0 spiro atoms. The fourth-order valence-electron chi connectivity index (χ4n) is 0.442. The summed E-state index contributed by atoms with van der Waals surface area (Å²) in [6, 6.07) is 0.571. The monoisotopic (exact) mass is 191 g/mol. The Morgan fingerprint density at radius 3 is 2.78 bits per heavy atom. The Bertz CT molecular complexity index is 81.0. The average Bonchev–Trinajstić information content (AvgIpc) is 1.89. The van der Waals surface area contributed by atoms with Crippen LogP contribution in [0, 0.1) is 0 Å². The molecule has 1 N–H and O–H groups in total. The smallest absolute Gasteiger partial charge is 0.0183 e. The summed E-state index contributed by atoms with van der Waals surface area (Å²) in [5.74, 6) is 0. The number of halogens is 1. The van der Waals surface area contributed by atoms with Crippen molar-refractivity contribution in [3.63, 3.8) is 0 Å².